The van der Waals surface area contributed by atoms with E-state index >= 15 is 0 Å². The molecule has 4 heterocycles. The fraction of sp³-hybridized carbons (Fsp3) is 0.211. The molecule has 0 bridgehead atoms. The number of aromatic amines is 1. The maximum atomic E-state index is 14.0. The number of hydrogen-bond donors (Lipinski definition) is 2. The summed E-state index contributed by atoms with van der Waals surface area (Å²) in [7, 11) is 0. The molecule has 5 rings (SSSR count). The highest BCUT2D eigenvalue weighted by Crippen LogP contribution is 2.38. The third-order valence-electron chi connectivity index (χ3n) is 5.20. The maximum Gasteiger partial charge on any atom is 0.141 e. The van der Waals surface area contributed by atoms with E-state index < -0.39 is 0 Å². The molecule has 1 fully saturated rings. The molecule has 7 heteroatoms. The second-order valence-corrected chi connectivity index (χ2v) is 6.70. The summed E-state index contributed by atoms with van der Waals surface area (Å²) in [5.41, 5.74) is 2.89. The van der Waals surface area contributed by atoms with Crippen molar-refractivity contribution in [2.75, 3.05) is 13.1 Å². The van der Waals surface area contributed by atoms with E-state index in [4.69, 9.17) is 0 Å². The molecule has 26 heavy (non-hydrogen) atoms. The van der Waals surface area contributed by atoms with Gasteiger partial charge in [-0.05, 0) is 24.3 Å². The minimum atomic E-state index is -0.358. The Labute approximate surface area is 148 Å². The Hall–Kier alpha value is -3.24. The number of H-pyrrole nitrogens is 1. The van der Waals surface area contributed by atoms with Crippen molar-refractivity contribution in [3.63, 3.8) is 0 Å². The van der Waals surface area contributed by atoms with Gasteiger partial charge in [-0.3, -0.25) is 0 Å². The van der Waals surface area contributed by atoms with Crippen LogP contribution in [0.4, 0.5) is 4.39 Å². The lowest BCUT2D eigenvalue weighted by molar-refractivity contribution is 0.187. The summed E-state index contributed by atoms with van der Waals surface area (Å²) in [4.78, 5) is 11.8. The van der Waals surface area contributed by atoms with Crippen molar-refractivity contribution >= 4 is 21.9 Å². The predicted octanol–water partition coefficient (Wildman–Crippen LogP) is 2.93. The number of halogens is 1. The van der Waals surface area contributed by atoms with Crippen LogP contribution in [0.1, 0.15) is 6.42 Å². The van der Waals surface area contributed by atoms with Crippen LogP contribution in [-0.2, 0) is 5.54 Å². The molecule has 2 N–H and O–H groups in total. The Kier molecular flexibility index (Phi) is 3.11. The molecular formula is C19H15FN6. The van der Waals surface area contributed by atoms with Crippen molar-refractivity contribution < 1.29 is 4.39 Å². The van der Waals surface area contributed by atoms with Crippen molar-refractivity contribution in [2.45, 2.75) is 12.0 Å². The first-order chi connectivity index (χ1) is 12.7. The number of aromatic nitrogens is 4. The van der Waals surface area contributed by atoms with Crippen LogP contribution in [0.5, 0.6) is 0 Å². The van der Waals surface area contributed by atoms with Gasteiger partial charge in [-0.15, -0.1) is 0 Å². The van der Waals surface area contributed by atoms with E-state index in [-0.39, 0.29) is 11.4 Å². The Bertz CT molecular complexity index is 1180. The van der Waals surface area contributed by atoms with E-state index in [9.17, 15) is 9.65 Å². The van der Waals surface area contributed by atoms with Crippen molar-refractivity contribution in [2.24, 2.45) is 0 Å². The van der Waals surface area contributed by atoms with Gasteiger partial charge in [0, 0.05) is 41.8 Å². The fourth-order valence-corrected chi connectivity index (χ4v) is 3.81. The number of nitriles is 1. The monoisotopic (exact) mass is 346 g/mol. The van der Waals surface area contributed by atoms with Gasteiger partial charge in [-0.2, -0.15) is 5.26 Å². The predicted molar refractivity (Wildman–Crippen MR) is 95.9 cm³/mol. The average Bonchev–Trinajstić information content (AvgIpc) is 3.22. The molecule has 0 radical (unpaired) electrons. The fourth-order valence-electron chi connectivity index (χ4n) is 3.81. The molecule has 3 aromatic heterocycles. The zero-order valence-corrected chi connectivity index (χ0v) is 13.8. The highest BCUT2D eigenvalue weighted by molar-refractivity contribution is 6.02. The van der Waals surface area contributed by atoms with Gasteiger partial charge in [0.1, 0.15) is 17.8 Å². The van der Waals surface area contributed by atoms with E-state index in [0.29, 0.717) is 19.5 Å². The second-order valence-electron chi connectivity index (χ2n) is 6.70. The van der Waals surface area contributed by atoms with Gasteiger partial charge in [0.05, 0.1) is 29.2 Å². The summed E-state index contributed by atoms with van der Waals surface area (Å²) in [6, 6.07) is 8.99. The van der Waals surface area contributed by atoms with Crippen molar-refractivity contribution in [1.82, 2.24) is 24.8 Å². The van der Waals surface area contributed by atoms with Gasteiger partial charge in [0.2, 0.25) is 0 Å². The maximum absolute atomic E-state index is 14.0. The zero-order chi connectivity index (χ0) is 17.7. The topological polar surface area (TPSA) is 82.3 Å². The van der Waals surface area contributed by atoms with Crippen LogP contribution in [0, 0.1) is 17.1 Å². The second kappa shape index (κ2) is 5.38. The van der Waals surface area contributed by atoms with Crippen LogP contribution in [0.15, 0.2) is 43.0 Å². The van der Waals surface area contributed by atoms with E-state index in [0.717, 1.165) is 33.2 Å². The number of nitrogens with one attached hydrogen (secondary N) is 2. The van der Waals surface area contributed by atoms with E-state index in [1.165, 1.54) is 18.5 Å². The van der Waals surface area contributed by atoms with E-state index in [1.54, 1.807) is 6.07 Å². The van der Waals surface area contributed by atoms with Gasteiger partial charge in [-0.1, -0.05) is 0 Å². The summed E-state index contributed by atoms with van der Waals surface area (Å²) in [5.74, 6) is -0.294. The molecule has 4 aromatic rings. The molecule has 128 valence electrons. The molecule has 1 aromatic carbocycles. The molecule has 0 amide bonds. The molecule has 1 aliphatic rings. The first-order valence-electron chi connectivity index (χ1n) is 8.39. The molecule has 0 spiro atoms. The highest BCUT2D eigenvalue weighted by atomic mass is 19.1. The van der Waals surface area contributed by atoms with Gasteiger partial charge in [0.25, 0.3) is 0 Å². The molecule has 0 unspecified atom stereocenters. The lowest BCUT2D eigenvalue weighted by Gasteiger charge is -2.43. The Balaban J connectivity index is 1.82. The highest BCUT2D eigenvalue weighted by Gasteiger charge is 2.40. The van der Waals surface area contributed by atoms with Crippen LogP contribution >= 0.6 is 0 Å². The molecule has 0 aliphatic carbocycles. The molecule has 6 nitrogen and oxygen atoms in total. The van der Waals surface area contributed by atoms with Crippen LogP contribution < -0.4 is 5.32 Å². The molecule has 1 aliphatic heterocycles. The van der Waals surface area contributed by atoms with Crippen molar-refractivity contribution in [3.05, 3.63) is 48.8 Å². The van der Waals surface area contributed by atoms with Crippen LogP contribution in [0.2, 0.25) is 0 Å². The number of nitrogens with zero attached hydrogens (tertiary/aromatic N) is 4. The minimum Gasteiger partial charge on any atom is -0.346 e. The van der Waals surface area contributed by atoms with Crippen molar-refractivity contribution in [3.8, 4) is 17.3 Å². The first kappa shape index (κ1) is 15.0. The van der Waals surface area contributed by atoms with Gasteiger partial charge < -0.3 is 14.9 Å². The Morgan fingerprint density at radius 3 is 2.88 bits per heavy atom. The quantitative estimate of drug-likeness (QED) is 0.597. The van der Waals surface area contributed by atoms with Gasteiger partial charge >= 0.3 is 0 Å². The average molecular weight is 346 g/mol. The summed E-state index contributed by atoms with van der Waals surface area (Å²) in [6.45, 7) is 1.37. The van der Waals surface area contributed by atoms with Crippen LogP contribution in [0.3, 0.4) is 0 Å². The number of benzene rings is 1. The summed E-state index contributed by atoms with van der Waals surface area (Å²) in [5, 5.41) is 14.4. The van der Waals surface area contributed by atoms with Crippen molar-refractivity contribution in [1.29, 1.82) is 5.26 Å². The number of fused-ring (bicyclic) bond motifs is 2. The Morgan fingerprint density at radius 2 is 2.12 bits per heavy atom. The summed E-state index contributed by atoms with van der Waals surface area (Å²) < 4.78 is 16.0. The van der Waals surface area contributed by atoms with Gasteiger partial charge in [-0.25, -0.2) is 14.4 Å². The summed E-state index contributed by atoms with van der Waals surface area (Å²) in [6.07, 6.45) is 5.71. The van der Waals surface area contributed by atoms with Gasteiger partial charge in [0.15, 0.2) is 0 Å². The van der Waals surface area contributed by atoms with E-state index in [1.807, 2.05) is 23.0 Å². The largest absolute Gasteiger partial charge is 0.346 e. The standard InChI is InChI=1S/C19H15FN6/c20-12-1-2-13-15(17-14-3-6-23-18(14)25-11-24-17)8-26(16(13)7-12)19(4-5-21)9-22-10-19/h1-3,6-8,11,22H,4,9-10H2,(H,23,24,25). The summed E-state index contributed by atoms with van der Waals surface area (Å²) >= 11 is 0. The third-order valence-corrected chi connectivity index (χ3v) is 5.20. The van der Waals surface area contributed by atoms with E-state index in [2.05, 4.69) is 26.3 Å². The lowest BCUT2D eigenvalue weighted by atomic mass is 9.88. The molecule has 0 atom stereocenters. The lowest BCUT2D eigenvalue weighted by Crippen LogP contribution is -2.60. The first-order valence-corrected chi connectivity index (χ1v) is 8.39. The zero-order valence-electron chi connectivity index (χ0n) is 13.8. The number of rotatable bonds is 3. The van der Waals surface area contributed by atoms with Crippen LogP contribution in [-0.4, -0.2) is 32.6 Å². The molecular weight excluding hydrogens is 331 g/mol. The normalized spacial score (nSPS) is 15.8. The molecule has 0 saturated carbocycles. The Morgan fingerprint density at radius 1 is 1.23 bits per heavy atom. The minimum absolute atomic E-state index is 0.294. The SMILES string of the molecule is N#CCC1(n2cc(-c3ncnc4[nH]ccc34)c3ccc(F)cc32)CNC1. The van der Waals surface area contributed by atoms with Crippen LogP contribution in [0.25, 0.3) is 33.2 Å². The third kappa shape index (κ3) is 1.99. The number of hydrogen-bond acceptors (Lipinski definition) is 4. The molecule has 1 saturated heterocycles. The smallest absolute Gasteiger partial charge is 0.141 e.